The second kappa shape index (κ2) is 12.0. The molecule has 0 atom stereocenters. The molecule has 3 N–H and O–H groups in total. The third-order valence-corrected chi connectivity index (χ3v) is 6.92. The lowest BCUT2D eigenvalue weighted by atomic mass is 9.90. The van der Waals surface area contributed by atoms with E-state index in [1.807, 2.05) is 53.4 Å². The van der Waals surface area contributed by atoms with Gasteiger partial charge in [-0.3, -0.25) is 14.7 Å². The molecule has 1 aromatic carbocycles. The van der Waals surface area contributed by atoms with Crippen molar-refractivity contribution in [3.63, 3.8) is 0 Å². The maximum absolute atomic E-state index is 13.5. The molecule has 1 saturated carbocycles. The minimum atomic E-state index is -0.170. The molecule has 0 unspecified atom stereocenters. The van der Waals surface area contributed by atoms with Crippen molar-refractivity contribution in [2.75, 3.05) is 10.2 Å². The lowest BCUT2D eigenvalue weighted by Gasteiger charge is -2.37. The molecule has 3 heterocycles. The molecule has 0 spiro atoms. The number of aromatic amines is 1. The van der Waals surface area contributed by atoms with E-state index in [9.17, 15) is 9.59 Å². The number of carbonyl (C=O) groups is 1. The highest BCUT2D eigenvalue weighted by molar-refractivity contribution is 5.92. The van der Waals surface area contributed by atoms with Crippen LogP contribution >= 0.6 is 0 Å². The summed E-state index contributed by atoms with van der Waals surface area (Å²) in [5.41, 5.74) is 3.61. The van der Waals surface area contributed by atoms with E-state index in [0.717, 1.165) is 48.3 Å². The van der Waals surface area contributed by atoms with Gasteiger partial charge < -0.3 is 15.6 Å². The number of anilines is 2. The highest BCUT2D eigenvalue weighted by atomic mass is 16.2. The van der Waals surface area contributed by atoms with E-state index in [4.69, 9.17) is 5.26 Å². The molecule has 196 valence electrons. The van der Waals surface area contributed by atoms with E-state index < -0.39 is 0 Å². The summed E-state index contributed by atoms with van der Waals surface area (Å²) in [4.78, 5) is 38.4. The van der Waals surface area contributed by atoms with E-state index in [-0.39, 0.29) is 23.7 Å². The fraction of sp³-hybridized carbons (Fsp3) is 0.233. The van der Waals surface area contributed by atoms with E-state index in [1.54, 1.807) is 30.7 Å². The maximum Gasteiger partial charge on any atom is 0.322 e. The zero-order valence-electron chi connectivity index (χ0n) is 21.4. The molecule has 0 bridgehead atoms. The van der Waals surface area contributed by atoms with Gasteiger partial charge in [0, 0.05) is 42.7 Å². The van der Waals surface area contributed by atoms with Gasteiger partial charge in [-0.2, -0.15) is 5.26 Å². The molecule has 4 aromatic rings. The Labute approximate surface area is 226 Å². The van der Waals surface area contributed by atoms with Crippen molar-refractivity contribution in [3.8, 4) is 17.3 Å². The fourth-order valence-corrected chi connectivity index (χ4v) is 4.85. The van der Waals surface area contributed by atoms with Gasteiger partial charge in [0.25, 0.3) is 0 Å². The summed E-state index contributed by atoms with van der Waals surface area (Å²) in [6, 6.07) is 22.5. The van der Waals surface area contributed by atoms with Gasteiger partial charge in [-0.15, -0.1) is 0 Å². The largest absolute Gasteiger partial charge is 0.367 e. The molecule has 3 aromatic heterocycles. The zero-order chi connectivity index (χ0) is 27.0. The number of carbonyl (C=O) groups excluding carboxylic acids is 1. The Hall–Kier alpha value is -4.97. The Morgan fingerprint density at radius 1 is 0.974 bits per heavy atom. The molecule has 1 aliphatic carbocycles. The average Bonchev–Trinajstić information content (AvgIpc) is 2.99. The molecular formula is C30H29N7O2. The Balaban J connectivity index is 1.30. The summed E-state index contributed by atoms with van der Waals surface area (Å²) in [5.74, 6) is 0.747. The number of nitrogens with zero attached hydrogens (tertiary/aromatic N) is 4. The van der Waals surface area contributed by atoms with Crippen LogP contribution in [0, 0.1) is 11.3 Å². The molecule has 2 amide bonds. The maximum atomic E-state index is 13.5. The van der Waals surface area contributed by atoms with E-state index in [2.05, 4.69) is 31.7 Å². The van der Waals surface area contributed by atoms with Crippen molar-refractivity contribution in [2.45, 2.75) is 44.3 Å². The number of urea groups is 1. The van der Waals surface area contributed by atoms with Crippen LogP contribution in [0.4, 0.5) is 16.3 Å². The van der Waals surface area contributed by atoms with Gasteiger partial charge in [0.05, 0.1) is 23.1 Å². The summed E-state index contributed by atoms with van der Waals surface area (Å²) in [7, 11) is 0. The van der Waals surface area contributed by atoms with Crippen LogP contribution in [0.25, 0.3) is 11.3 Å². The van der Waals surface area contributed by atoms with Crippen molar-refractivity contribution in [1.82, 2.24) is 20.3 Å². The highest BCUT2D eigenvalue weighted by Gasteiger charge is 2.30. The van der Waals surface area contributed by atoms with Gasteiger partial charge >= 0.3 is 6.03 Å². The molecule has 0 saturated heterocycles. The Bertz CT molecular complexity index is 1470. The normalized spacial score (nSPS) is 16.6. The number of amides is 2. The first-order valence-corrected chi connectivity index (χ1v) is 13.0. The van der Waals surface area contributed by atoms with E-state index in [1.165, 1.54) is 6.07 Å². The fourth-order valence-electron chi connectivity index (χ4n) is 4.85. The second-order valence-corrected chi connectivity index (χ2v) is 9.55. The van der Waals surface area contributed by atoms with E-state index in [0.29, 0.717) is 17.8 Å². The van der Waals surface area contributed by atoms with Crippen molar-refractivity contribution in [1.29, 1.82) is 5.26 Å². The number of nitriles is 1. The number of rotatable bonds is 7. The number of aromatic nitrogens is 3. The van der Waals surface area contributed by atoms with Gasteiger partial charge in [-0.05, 0) is 61.6 Å². The van der Waals surface area contributed by atoms with Crippen LogP contribution in [0.5, 0.6) is 0 Å². The highest BCUT2D eigenvalue weighted by Crippen LogP contribution is 2.30. The Morgan fingerprint density at radius 3 is 2.44 bits per heavy atom. The summed E-state index contributed by atoms with van der Waals surface area (Å²) in [6.45, 7) is 0.431. The minimum absolute atomic E-state index is 0.00785. The van der Waals surface area contributed by atoms with Gasteiger partial charge in [-0.25, -0.2) is 9.78 Å². The van der Waals surface area contributed by atoms with Crippen molar-refractivity contribution in [3.05, 3.63) is 107 Å². The molecule has 9 nitrogen and oxygen atoms in total. The third kappa shape index (κ3) is 6.48. The predicted molar refractivity (Wildman–Crippen MR) is 150 cm³/mol. The number of benzene rings is 1. The summed E-state index contributed by atoms with van der Waals surface area (Å²) in [6.07, 6.45) is 8.29. The number of H-pyrrole nitrogens is 1. The van der Waals surface area contributed by atoms with Crippen molar-refractivity contribution >= 4 is 17.5 Å². The average molecular weight is 520 g/mol. The lowest BCUT2D eigenvalue weighted by molar-refractivity contribution is 0.240. The number of hydrogen-bond donors (Lipinski definition) is 3. The van der Waals surface area contributed by atoms with E-state index >= 15 is 0 Å². The topological polar surface area (TPSA) is 127 Å². The second-order valence-electron chi connectivity index (χ2n) is 9.55. The molecular weight excluding hydrogens is 490 g/mol. The van der Waals surface area contributed by atoms with Gasteiger partial charge in [0.15, 0.2) is 0 Å². The Kier molecular flexibility index (Phi) is 7.93. The molecule has 5 rings (SSSR count). The quantitative estimate of drug-likeness (QED) is 0.321. The SMILES string of the molecule is N#Cc1ccc(N[C@H]2CC[C@H](N(C(=O)NCc3ccccc3)c3ccc(-c4ccc(=O)[nH]c4)nc3)CC2)nc1. The van der Waals surface area contributed by atoms with Crippen LogP contribution in [-0.2, 0) is 6.54 Å². The first-order chi connectivity index (χ1) is 19.1. The first kappa shape index (κ1) is 25.7. The van der Waals surface area contributed by atoms with Crippen LogP contribution in [-0.4, -0.2) is 33.1 Å². The number of hydrogen-bond acceptors (Lipinski definition) is 6. The lowest BCUT2D eigenvalue weighted by Crippen LogP contribution is -2.48. The third-order valence-electron chi connectivity index (χ3n) is 6.92. The molecule has 1 aliphatic rings. The predicted octanol–water partition coefficient (Wildman–Crippen LogP) is 4.84. The van der Waals surface area contributed by atoms with Gasteiger partial charge in [0.2, 0.25) is 5.56 Å². The smallest absolute Gasteiger partial charge is 0.322 e. The van der Waals surface area contributed by atoms with Crippen LogP contribution in [0.3, 0.4) is 0 Å². The first-order valence-electron chi connectivity index (χ1n) is 13.0. The van der Waals surface area contributed by atoms with Crippen LogP contribution < -0.4 is 21.1 Å². The summed E-state index contributed by atoms with van der Waals surface area (Å²) < 4.78 is 0. The molecule has 0 aliphatic heterocycles. The van der Waals surface area contributed by atoms with Gasteiger partial charge in [-0.1, -0.05) is 30.3 Å². The standard InChI is InChI=1S/C30H29N7O2/c31-16-22-6-14-28(33-18-22)36-24-8-10-25(11-9-24)37(30(39)35-17-21-4-2-1-3-5-21)26-12-13-27(32-20-26)23-7-15-29(38)34-19-23/h1-7,12-15,18-20,24-25H,8-11,17H2,(H,33,36)(H,34,38)(H,35,39)/t24-,25-. The number of pyridine rings is 3. The monoisotopic (exact) mass is 519 g/mol. The molecule has 39 heavy (non-hydrogen) atoms. The van der Waals surface area contributed by atoms with Crippen LogP contribution in [0.15, 0.2) is 90.1 Å². The Morgan fingerprint density at radius 2 is 1.79 bits per heavy atom. The minimum Gasteiger partial charge on any atom is -0.367 e. The summed E-state index contributed by atoms with van der Waals surface area (Å²) >= 11 is 0. The summed E-state index contributed by atoms with van der Waals surface area (Å²) in [5, 5.41) is 15.5. The van der Waals surface area contributed by atoms with Crippen molar-refractivity contribution < 1.29 is 4.79 Å². The van der Waals surface area contributed by atoms with Crippen LogP contribution in [0.1, 0.15) is 36.8 Å². The van der Waals surface area contributed by atoms with Crippen LogP contribution in [0.2, 0.25) is 0 Å². The number of nitrogens with one attached hydrogen (secondary N) is 3. The molecule has 9 heteroatoms. The molecule has 0 radical (unpaired) electrons. The zero-order valence-corrected chi connectivity index (χ0v) is 21.4. The van der Waals surface area contributed by atoms with Gasteiger partial charge in [0.1, 0.15) is 11.9 Å². The van der Waals surface area contributed by atoms with Crippen molar-refractivity contribution in [2.24, 2.45) is 0 Å². The molecule has 1 fully saturated rings.